The normalized spacial score (nSPS) is 24.1. The van der Waals surface area contributed by atoms with E-state index >= 15 is 0 Å². The average molecular weight is 344 g/mol. The number of hydrogen-bond donors (Lipinski definition) is 2. The lowest BCUT2D eigenvalue weighted by atomic mass is 10.1. The molecule has 2 amide bonds. The third-order valence-electron chi connectivity index (χ3n) is 3.56. The molecule has 0 bridgehead atoms. The number of amides is 2. The highest BCUT2D eigenvalue weighted by Crippen LogP contribution is 2.10. The minimum absolute atomic E-state index is 0.109. The standard InChI is InChI=1S/C16H27N3O5/c1-19-12-14(21)24-11-9-7-5-3-2-4-6-8-10-13(20)17-15(19)18-16(22)23/h2-12H2,1H3,(H,22,23)(H,17,18,20)/i1D3. The molecule has 24 heavy (non-hydrogen) atoms. The molecule has 0 aromatic rings. The van der Waals surface area contributed by atoms with Gasteiger partial charge in [0.25, 0.3) is 0 Å². The van der Waals surface area contributed by atoms with Crippen LogP contribution in [0.25, 0.3) is 0 Å². The maximum Gasteiger partial charge on any atom is 0.434 e. The molecule has 0 aromatic carbocycles. The molecule has 1 rings (SSSR count). The maximum absolute atomic E-state index is 12.1. The number of ether oxygens (including phenoxy) is 1. The van der Waals surface area contributed by atoms with Crippen molar-refractivity contribution in [2.45, 2.75) is 57.8 Å². The molecule has 8 heteroatoms. The zero-order valence-electron chi connectivity index (χ0n) is 16.8. The highest BCUT2D eigenvalue weighted by molar-refractivity contribution is 6.01. The first kappa shape index (κ1) is 15.4. The smallest absolute Gasteiger partial charge is 0.434 e. The molecule has 8 nitrogen and oxygen atoms in total. The summed E-state index contributed by atoms with van der Waals surface area (Å²) in [6.07, 6.45) is 5.59. The van der Waals surface area contributed by atoms with Gasteiger partial charge in [-0.05, 0) is 12.8 Å². The summed E-state index contributed by atoms with van der Waals surface area (Å²) in [6.45, 7) is -3.47. The fraction of sp³-hybridized carbons (Fsp3) is 0.750. The number of cyclic esters (lactones) is 1. The third kappa shape index (κ3) is 9.12. The SMILES string of the molecule is [2H]C([2H])([2H])N1CC(=O)OCCCCCCCCCCC(=O)N/C1=N\C(=O)O. The van der Waals surface area contributed by atoms with Crippen molar-refractivity contribution in [3.05, 3.63) is 0 Å². The Morgan fingerprint density at radius 2 is 1.79 bits per heavy atom. The fourth-order valence-corrected chi connectivity index (χ4v) is 2.32. The molecule has 0 aromatic heterocycles. The van der Waals surface area contributed by atoms with E-state index in [1.54, 1.807) is 0 Å². The zero-order chi connectivity index (χ0) is 20.3. The number of nitrogens with one attached hydrogen (secondary N) is 1. The summed E-state index contributed by atoms with van der Waals surface area (Å²) in [5.41, 5.74) is 0. The van der Waals surface area contributed by atoms with Crippen LogP contribution in [-0.2, 0) is 14.3 Å². The molecule has 1 fully saturated rings. The summed E-state index contributed by atoms with van der Waals surface area (Å²) in [5, 5.41) is 11.1. The second-order valence-corrected chi connectivity index (χ2v) is 5.65. The molecule has 1 saturated heterocycles. The lowest BCUT2D eigenvalue weighted by Gasteiger charge is -2.20. The Balaban J connectivity index is 2.97. The van der Waals surface area contributed by atoms with E-state index in [1.807, 2.05) is 0 Å². The monoisotopic (exact) mass is 344 g/mol. The summed E-state index contributed by atoms with van der Waals surface area (Å²) in [5.74, 6) is -2.08. The van der Waals surface area contributed by atoms with Gasteiger partial charge in [0.1, 0.15) is 6.54 Å². The van der Waals surface area contributed by atoms with Crippen molar-refractivity contribution in [1.82, 2.24) is 10.2 Å². The number of nitrogens with zero attached hydrogens (tertiary/aromatic N) is 2. The number of esters is 1. The molecule has 0 spiro atoms. The Bertz CT molecular complexity index is 552. The highest BCUT2D eigenvalue weighted by atomic mass is 16.5. The van der Waals surface area contributed by atoms with Gasteiger partial charge in [-0.25, -0.2) is 4.79 Å². The second-order valence-electron chi connectivity index (χ2n) is 5.65. The molecule has 2 N–H and O–H groups in total. The van der Waals surface area contributed by atoms with E-state index in [2.05, 4.69) is 10.3 Å². The van der Waals surface area contributed by atoms with Gasteiger partial charge < -0.3 is 14.7 Å². The predicted molar refractivity (Wildman–Crippen MR) is 88.7 cm³/mol. The van der Waals surface area contributed by atoms with Gasteiger partial charge in [-0.1, -0.05) is 38.5 Å². The number of carbonyl (C=O) groups is 3. The van der Waals surface area contributed by atoms with Crippen LogP contribution in [0.3, 0.4) is 0 Å². The topological polar surface area (TPSA) is 108 Å². The van der Waals surface area contributed by atoms with Crippen molar-refractivity contribution in [3.8, 4) is 0 Å². The molecule has 1 aliphatic heterocycles. The second kappa shape index (κ2) is 11.4. The average Bonchev–Trinajstić information content (AvgIpc) is 2.55. The molecule has 1 aliphatic rings. The van der Waals surface area contributed by atoms with Gasteiger partial charge in [0.05, 0.1) is 6.61 Å². The number of carbonyl (C=O) groups excluding carboxylic acids is 2. The van der Waals surface area contributed by atoms with Crippen molar-refractivity contribution < 1.29 is 28.3 Å². The molecular weight excluding hydrogens is 314 g/mol. The van der Waals surface area contributed by atoms with Crippen LogP contribution in [0.1, 0.15) is 61.9 Å². The Hall–Kier alpha value is -2.12. The van der Waals surface area contributed by atoms with Crippen LogP contribution in [0.2, 0.25) is 0 Å². The number of likely N-dealkylation sites (N-methyl/N-ethyl adjacent to an activating group) is 1. The molecule has 0 atom stereocenters. The summed E-state index contributed by atoms with van der Waals surface area (Å²) in [4.78, 5) is 38.6. The number of hydrogen-bond acceptors (Lipinski definition) is 4. The van der Waals surface area contributed by atoms with Crippen LogP contribution in [0.4, 0.5) is 4.79 Å². The van der Waals surface area contributed by atoms with Crippen LogP contribution in [0.15, 0.2) is 4.99 Å². The predicted octanol–water partition coefficient (Wildman–Crippen LogP) is 2.14. The Morgan fingerprint density at radius 3 is 2.42 bits per heavy atom. The van der Waals surface area contributed by atoms with Crippen molar-refractivity contribution >= 4 is 23.9 Å². The number of guanidine groups is 1. The molecular formula is C16H27N3O5. The van der Waals surface area contributed by atoms with Crippen LogP contribution in [0, 0.1) is 0 Å². The van der Waals surface area contributed by atoms with E-state index in [1.165, 1.54) is 0 Å². The van der Waals surface area contributed by atoms with E-state index in [0.717, 1.165) is 38.5 Å². The van der Waals surface area contributed by atoms with E-state index in [0.29, 0.717) is 17.7 Å². The van der Waals surface area contributed by atoms with Gasteiger partial charge in [-0.3, -0.25) is 14.9 Å². The van der Waals surface area contributed by atoms with E-state index < -0.39 is 37.4 Å². The summed E-state index contributed by atoms with van der Waals surface area (Å²) < 4.78 is 27.7. The van der Waals surface area contributed by atoms with Gasteiger partial charge in [0.15, 0.2) is 0 Å². The first-order chi connectivity index (χ1) is 12.7. The summed E-state index contributed by atoms with van der Waals surface area (Å²) in [7, 11) is 0. The quantitative estimate of drug-likeness (QED) is 0.652. The number of aliphatic imine (C=N–C) groups is 1. The minimum Gasteiger partial charge on any atom is -0.464 e. The third-order valence-corrected chi connectivity index (χ3v) is 3.56. The molecule has 0 aliphatic carbocycles. The van der Waals surface area contributed by atoms with Crippen molar-refractivity contribution in [3.63, 3.8) is 0 Å². The summed E-state index contributed by atoms with van der Waals surface area (Å²) >= 11 is 0. The van der Waals surface area contributed by atoms with Crippen LogP contribution in [0.5, 0.6) is 0 Å². The largest absolute Gasteiger partial charge is 0.464 e. The van der Waals surface area contributed by atoms with Crippen LogP contribution < -0.4 is 5.32 Å². The number of carboxylic acid groups (broad SMARTS) is 1. The molecule has 136 valence electrons. The molecule has 0 saturated carbocycles. The molecule has 1 heterocycles. The Kier molecular flexibility index (Phi) is 7.33. The van der Waals surface area contributed by atoms with Crippen molar-refractivity contribution in [1.29, 1.82) is 0 Å². The van der Waals surface area contributed by atoms with Crippen molar-refractivity contribution in [2.75, 3.05) is 20.1 Å². The van der Waals surface area contributed by atoms with E-state index in [-0.39, 0.29) is 13.0 Å². The first-order valence-corrected chi connectivity index (χ1v) is 8.25. The summed E-state index contributed by atoms with van der Waals surface area (Å²) in [6, 6.07) is 0. The Labute approximate surface area is 146 Å². The fourth-order valence-electron chi connectivity index (χ4n) is 2.32. The van der Waals surface area contributed by atoms with Gasteiger partial charge in [0.2, 0.25) is 11.9 Å². The highest BCUT2D eigenvalue weighted by Gasteiger charge is 2.16. The maximum atomic E-state index is 12.1. The van der Waals surface area contributed by atoms with E-state index in [4.69, 9.17) is 14.0 Å². The van der Waals surface area contributed by atoms with Gasteiger partial charge >= 0.3 is 12.1 Å². The zero-order valence-corrected chi connectivity index (χ0v) is 13.8. The van der Waals surface area contributed by atoms with E-state index in [9.17, 15) is 14.4 Å². The van der Waals surface area contributed by atoms with Gasteiger partial charge in [-0.2, -0.15) is 0 Å². The first-order valence-electron chi connectivity index (χ1n) is 9.75. The van der Waals surface area contributed by atoms with Crippen LogP contribution in [-0.4, -0.2) is 54.1 Å². The Morgan fingerprint density at radius 1 is 1.17 bits per heavy atom. The molecule has 0 radical (unpaired) electrons. The minimum atomic E-state index is -2.89. The van der Waals surface area contributed by atoms with Crippen LogP contribution >= 0.6 is 0 Å². The van der Waals surface area contributed by atoms with Gasteiger partial charge in [-0.15, -0.1) is 4.99 Å². The molecule has 0 unspecified atom stereocenters. The lowest BCUT2D eigenvalue weighted by molar-refractivity contribution is -0.144. The van der Waals surface area contributed by atoms with Gasteiger partial charge in [0, 0.05) is 17.5 Å². The number of rotatable bonds is 0. The van der Waals surface area contributed by atoms with Crippen molar-refractivity contribution in [2.24, 2.45) is 4.99 Å². The lowest BCUT2D eigenvalue weighted by Crippen LogP contribution is -2.45.